The number of carbonyl (C=O) groups is 2. The lowest BCUT2D eigenvalue weighted by atomic mass is 10.1. The number of carbonyl (C=O) groups excluding carboxylic acids is 2. The number of hydrogen-bond donors (Lipinski definition) is 0. The molecule has 8 nitrogen and oxygen atoms in total. The van der Waals surface area contributed by atoms with Crippen molar-refractivity contribution in [1.29, 1.82) is 0 Å². The third-order valence-corrected chi connectivity index (χ3v) is 4.36. The van der Waals surface area contributed by atoms with Gasteiger partial charge in [-0.3, -0.25) is 14.9 Å². The Hall–Kier alpha value is -3.42. The van der Waals surface area contributed by atoms with Crippen LogP contribution in [0.2, 0.25) is 0 Å². The van der Waals surface area contributed by atoms with Gasteiger partial charge in [0.2, 0.25) is 0 Å². The molecule has 1 saturated heterocycles. The standard InChI is InChI=1S/C19H19N3O5/c23-18(16-6-8-17(9-7-16)22(25)26)20-10-12-21(13-11-20)19(24)27-14-15-4-2-1-3-5-15/h1-9H,10-14H2. The van der Waals surface area contributed by atoms with Crippen LogP contribution in [0, 0.1) is 10.1 Å². The highest BCUT2D eigenvalue weighted by Gasteiger charge is 2.26. The minimum Gasteiger partial charge on any atom is -0.445 e. The molecule has 2 aromatic rings. The van der Waals surface area contributed by atoms with Crippen molar-refractivity contribution in [3.8, 4) is 0 Å². The highest BCUT2D eigenvalue weighted by molar-refractivity contribution is 5.94. The third kappa shape index (κ3) is 4.60. The van der Waals surface area contributed by atoms with Gasteiger partial charge in [-0.05, 0) is 17.7 Å². The molecule has 0 aliphatic carbocycles. The van der Waals surface area contributed by atoms with Crippen LogP contribution in [0.25, 0.3) is 0 Å². The predicted molar refractivity (Wildman–Crippen MR) is 97.2 cm³/mol. The number of ether oxygens (including phenoxy) is 1. The second-order valence-electron chi connectivity index (χ2n) is 6.12. The number of rotatable bonds is 4. The first-order chi connectivity index (χ1) is 13.0. The Labute approximate surface area is 156 Å². The van der Waals surface area contributed by atoms with E-state index in [1.54, 1.807) is 9.80 Å². The lowest BCUT2D eigenvalue weighted by Gasteiger charge is -2.34. The molecule has 0 bridgehead atoms. The lowest BCUT2D eigenvalue weighted by Crippen LogP contribution is -2.50. The van der Waals surface area contributed by atoms with Crippen molar-refractivity contribution in [3.63, 3.8) is 0 Å². The topological polar surface area (TPSA) is 93.0 Å². The molecule has 2 amide bonds. The second-order valence-corrected chi connectivity index (χ2v) is 6.12. The van der Waals surface area contributed by atoms with E-state index in [1.807, 2.05) is 30.3 Å². The van der Waals surface area contributed by atoms with Crippen LogP contribution in [-0.4, -0.2) is 52.9 Å². The number of benzene rings is 2. The van der Waals surface area contributed by atoms with E-state index in [0.717, 1.165) is 5.56 Å². The zero-order chi connectivity index (χ0) is 19.2. The first-order valence-corrected chi connectivity index (χ1v) is 8.54. The Morgan fingerprint density at radius 3 is 2.11 bits per heavy atom. The van der Waals surface area contributed by atoms with Crippen LogP contribution in [0.4, 0.5) is 10.5 Å². The molecule has 0 saturated carbocycles. The molecule has 2 aromatic carbocycles. The Balaban J connectivity index is 1.49. The molecule has 0 N–H and O–H groups in total. The molecule has 27 heavy (non-hydrogen) atoms. The molecule has 0 atom stereocenters. The molecule has 1 aliphatic rings. The average molecular weight is 369 g/mol. The van der Waals surface area contributed by atoms with Gasteiger partial charge in [-0.1, -0.05) is 30.3 Å². The van der Waals surface area contributed by atoms with E-state index >= 15 is 0 Å². The first kappa shape index (κ1) is 18.4. The van der Waals surface area contributed by atoms with Crippen LogP contribution in [0.5, 0.6) is 0 Å². The van der Waals surface area contributed by atoms with Gasteiger partial charge in [-0.2, -0.15) is 0 Å². The maximum Gasteiger partial charge on any atom is 0.410 e. The SMILES string of the molecule is O=C(OCc1ccccc1)N1CCN(C(=O)c2ccc([N+](=O)[O-])cc2)CC1. The number of piperazine rings is 1. The maximum atomic E-state index is 12.5. The number of non-ortho nitro benzene ring substituents is 1. The summed E-state index contributed by atoms with van der Waals surface area (Å²) in [6, 6.07) is 14.9. The molecule has 0 radical (unpaired) electrons. The molecule has 140 valence electrons. The fourth-order valence-electron chi connectivity index (χ4n) is 2.81. The van der Waals surface area contributed by atoms with Crippen LogP contribution in [0.1, 0.15) is 15.9 Å². The van der Waals surface area contributed by atoms with E-state index in [2.05, 4.69) is 0 Å². The normalized spacial score (nSPS) is 13.9. The van der Waals surface area contributed by atoms with Crippen molar-refractivity contribution in [2.75, 3.05) is 26.2 Å². The summed E-state index contributed by atoms with van der Waals surface area (Å²) >= 11 is 0. The largest absolute Gasteiger partial charge is 0.445 e. The van der Waals surface area contributed by atoms with E-state index < -0.39 is 11.0 Å². The minimum atomic E-state index is -0.506. The molecule has 1 aliphatic heterocycles. The van der Waals surface area contributed by atoms with E-state index in [9.17, 15) is 19.7 Å². The van der Waals surface area contributed by atoms with E-state index in [4.69, 9.17) is 4.74 Å². The fourth-order valence-corrected chi connectivity index (χ4v) is 2.81. The third-order valence-electron chi connectivity index (χ3n) is 4.36. The average Bonchev–Trinajstić information content (AvgIpc) is 2.72. The summed E-state index contributed by atoms with van der Waals surface area (Å²) in [5.41, 5.74) is 1.25. The highest BCUT2D eigenvalue weighted by Crippen LogP contribution is 2.15. The first-order valence-electron chi connectivity index (χ1n) is 8.54. The van der Waals surface area contributed by atoms with Crippen LogP contribution >= 0.6 is 0 Å². The van der Waals surface area contributed by atoms with Crippen molar-refractivity contribution in [2.24, 2.45) is 0 Å². The Bertz CT molecular complexity index is 815. The van der Waals surface area contributed by atoms with E-state index in [0.29, 0.717) is 31.7 Å². The number of nitro benzene ring substituents is 1. The predicted octanol–water partition coefficient (Wildman–Crippen LogP) is 2.69. The Kier molecular flexibility index (Phi) is 5.65. The monoisotopic (exact) mass is 369 g/mol. The molecule has 1 fully saturated rings. The number of amides is 2. The van der Waals surface area contributed by atoms with Gasteiger partial charge in [0.05, 0.1) is 4.92 Å². The van der Waals surface area contributed by atoms with Gasteiger partial charge in [0.1, 0.15) is 6.61 Å². The number of nitro groups is 1. The number of nitrogens with zero attached hydrogens (tertiary/aromatic N) is 3. The summed E-state index contributed by atoms with van der Waals surface area (Å²) in [5, 5.41) is 10.7. The van der Waals surface area contributed by atoms with Crippen molar-refractivity contribution in [1.82, 2.24) is 9.80 Å². The Morgan fingerprint density at radius 2 is 1.52 bits per heavy atom. The quantitative estimate of drug-likeness (QED) is 0.610. The molecule has 1 heterocycles. The zero-order valence-corrected chi connectivity index (χ0v) is 14.6. The van der Waals surface area contributed by atoms with Crippen LogP contribution in [0.15, 0.2) is 54.6 Å². The van der Waals surface area contributed by atoms with E-state index in [1.165, 1.54) is 24.3 Å². The van der Waals surface area contributed by atoms with Gasteiger partial charge in [0.25, 0.3) is 11.6 Å². The molecule has 0 spiro atoms. The van der Waals surface area contributed by atoms with Crippen molar-refractivity contribution in [2.45, 2.75) is 6.61 Å². The van der Waals surface area contributed by atoms with Gasteiger partial charge in [0, 0.05) is 43.9 Å². The summed E-state index contributed by atoms with van der Waals surface area (Å²) in [6.07, 6.45) is -0.402. The number of hydrogen-bond acceptors (Lipinski definition) is 5. The van der Waals surface area contributed by atoms with Gasteiger partial charge < -0.3 is 14.5 Å². The van der Waals surface area contributed by atoms with Crippen molar-refractivity contribution >= 4 is 17.7 Å². The maximum absolute atomic E-state index is 12.5. The summed E-state index contributed by atoms with van der Waals surface area (Å²) in [4.78, 5) is 38.0. The highest BCUT2D eigenvalue weighted by atomic mass is 16.6. The summed E-state index contributed by atoms with van der Waals surface area (Å²) in [6.45, 7) is 1.74. The van der Waals surface area contributed by atoms with Gasteiger partial charge in [-0.15, -0.1) is 0 Å². The second kappa shape index (κ2) is 8.31. The molecular formula is C19H19N3O5. The van der Waals surface area contributed by atoms with Crippen LogP contribution in [-0.2, 0) is 11.3 Å². The van der Waals surface area contributed by atoms with Crippen LogP contribution in [0.3, 0.4) is 0 Å². The van der Waals surface area contributed by atoms with E-state index in [-0.39, 0.29) is 18.2 Å². The van der Waals surface area contributed by atoms with Crippen molar-refractivity contribution < 1.29 is 19.2 Å². The summed E-state index contributed by atoms with van der Waals surface area (Å²) in [5.74, 6) is -0.206. The van der Waals surface area contributed by atoms with Crippen molar-refractivity contribution in [3.05, 3.63) is 75.8 Å². The van der Waals surface area contributed by atoms with Gasteiger partial charge >= 0.3 is 6.09 Å². The summed E-state index contributed by atoms with van der Waals surface area (Å²) in [7, 11) is 0. The zero-order valence-electron chi connectivity index (χ0n) is 14.6. The van der Waals surface area contributed by atoms with Gasteiger partial charge in [-0.25, -0.2) is 4.79 Å². The molecular weight excluding hydrogens is 350 g/mol. The lowest BCUT2D eigenvalue weighted by molar-refractivity contribution is -0.384. The molecule has 0 unspecified atom stereocenters. The summed E-state index contributed by atoms with van der Waals surface area (Å²) < 4.78 is 5.30. The van der Waals surface area contributed by atoms with Gasteiger partial charge in [0.15, 0.2) is 0 Å². The Morgan fingerprint density at radius 1 is 0.926 bits per heavy atom. The van der Waals surface area contributed by atoms with Crippen LogP contribution < -0.4 is 0 Å². The molecule has 8 heteroatoms. The minimum absolute atomic E-state index is 0.0578. The smallest absolute Gasteiger partial charge is 0.410 e. The molecule has 3 rings (SSSR count). The molecule has 0 aromatic heterocycles. The fraction of sp³-hybridized carbons (Fsp3) is 0.263.